The molecule has 17 heavy (non-hydrogen) atoms. The summed E-state index contributed by atoms with van der Waals surface area (Å²) in [4.78, 5) is 11.9. The van der Waals surface area contributed by atoms with Crippen LogP contribution in [0.15, 0.2) is 0 Å². The Bertz CT molecular complexity index is 225. The van der Waals surface area contributed by atoms with E-state index in [0.717, 1.165) is 32.3 Å². The molecule has 1 saturated carbocycles. The fourth-order valence-electron chi connectivity index (χ4n) is 3.17. The molecule has 1 unspecified atom stereocenters. The Labute approximate surface area is 105 Å². The van der Waals surface area contributed by atoms with Crippen LogP contribution in [0.2, 0.25) is 0 Å². The van der Waals surface area contributed by atoms with Gasteiger partial charge in [0.15, 0.2) is 0 Å². The van der Waals surface area contributed by atoms with Gasteiger partial charge in [0.05, 0.1) is 6.10 Å². The smallest absolute Gasteiger partial charge is 0.133 e. The fourth-order valence-corrected chi connectivity index (χ4v) is 3.17. The predicted octanol–water partition coefficient (Wildman–Crippen LogP) is 3.88. The number of rotatable bonds is 5. The number of carbonyl (C=O) groups excluding carboxylic acids is 1. The highest BCUT2D eigenvalue weighted by Gasteiger charge is 2.19. The maximum Gasteiger partial charge on any atom is 0.133 e. The molecule has 2 rings (SSSR count). The molecule has 2 nitrogen and oxygen atoms in total. The number of carbonyl (C=O) groups is 1. The van der Waals surface area contributed by atoms with Gasteiger partial charge in [0.2, 0.25) is 0 Å². The van der Waals surface area contributed by atoms with E-state index in [4.69, 9.17) is 4.74 Å². The van der Waals surface area contributed by atoms with Crippen molar-refractivity contribution in [1.29, 1.82) is 0 Å². The van der Waals surface area contributed by atoms with Crippen LogP contribution in [0, 0.1) is 5.92 Å². The third-order valence-electron chi connectivity index (χ3n) is 4.26. The van der Waals surface area contributed by atoms with Gasteiger partial charge in [-0.05, 0) is 31.6 Å². The summed E-state index contributed by atoms with van der Waals surface area (Å²) >= 11 is 0. The number of hydrogen-bond acceptors (Lipinski definition) is 2. The Morgan fingerprint density at radius 2 is 1.76 bits per heavy atom. The van der Waals surface area contributed by atoms with E-state index in [1.807, 2.05) is 0 Å². The van der Waals surface area contributed by atoms with E-state index in [0.29, 0.717) is 17.8 Å². The molecule has 2 aliphatic rings. The van der Waals surface area contributed by atoms with Crippen molar-refractivity contribution in [2.24, 2.45) is 5.92 Å². The first-order chi connectivity index (χ1) is 8.34. The van der Waals surface area contributed by atoms with Crippen LogP contribution in [0.4, 0.5) is 0 Å². The maximum atomic E-state index is 11.9. The van der Waals surface area contributed by atoms with Gasteiger partial charge < -0.3 is 4.74 Å². The van der Waals surface area contributed by atoms with E-state index in [2.05, 4.69) is 0 Å². The monoisotopic (exact) mass is 238 g/mol. The van der Waals surface area contributed by atoms with Gasteiger partial charge in [-0.3, -0.25) is 4.79 Å². The van der Waals surface area contributed by atoms with Gasteiger partial charge in [-0.1, -0.05) is 32.1 Å². The molecule has 0 aromatic heterocycles. The van der Waals surface area contributed by atoms with Crippen molar-refractivity contribution in [2.75, 3.05) is 6.61 Å². The topological polar surface area (TPSA) is 26.3 Å². The molecule has 0 N–H and O–H groups in total. The molecular formula is C15H26O2. The average Bonchev–Trinajstić information content (AvgIpc) is 2.39. The second-order valence-corrected chi connectivity index (χ2v) is 5.77. The van der Waals surface area contributed by atoms with Crippen LogP contribution in [-0.2, 0) is 9.53 Å². The lowest BCUT2D eigenvalue weighted by Crippen LogP contribution is -2.20. The molecule has 1 aliphatic carbocycles. The number of ketones is 1. The van der Waals surface area contributed by atoms with Crippen molar-refractivity contribution in [2.45, 2.75) is 76.7 Å². The summed E-state index contributed by atoms with van der Waals surface area (Å²) in [7, 11) is 0. The van der Waals surface area contributed by atoms with E-state index < -0.39 is 0 Å². The van der Waals surface area contributed by atoms with E-state index >= 15 is 0 Å². The van der Waals surface area contributed by atoms with Crippen LogP contribution in [-0.4, -0.2) is 18.5 Å². The van der Waals surface area contributed by atoms with Crippen molar-refractivity contribution in [1.82, 2.24) is 0 Å². The summed E-state index contributed by atoms with van der Waals surface area (Å²) < 4.78 is 5.67. The Morgan fingerprint density at radius 1 is 1.00 bits per heavy atom. The number of hydrogen-bond donors (Lipinski definition) is 0. The summed E-state index contributed by atoms with van der Waals surface area (Å²) in [5.74, 6) is 1.18. The van der Waals surface area contributed by atoms with Crippen molar-refractivity contribution >= 4 is 5.78 Å². The molecular weight excluding hydrogens is 212 g/mol. The minimum Gasteiger partial charge on any atom is -0.378 e. The summed E-state index contributed by atoms with van der Waals surface area (Å²) in [6, 6.07) is 0. The van der Waals surface area contributed by atoms with Crippen LogP contribution in [0.25, 0.3) is 0 Å². The highest BCUT2D eigenvalue weighted by Crippen LogP contribution is 2.27. The van der Waals surface area contributed by atoms with Gasteiger partial charge in [0.25, 0.3) is 0 Å². The average molecular weight is 238 g/mol. The summed E-state index contributed by atoms with van der Waals surface area (Å²) in [6.45, 7) is 0.904. The highest BCUT2D eigenvalue weighted by molar-refractivity contribution is 5.78. The highest BCUT2D eigenvalue weighted by atomic mass is 16.5. The Balaban J connectivity index is 1.59. The zero-order valence-corrected chi connectivity index (χ0v) is 11.0. The van der Waals surface area contributed by atoms with Crippen molar-refractivity contribution in [3.63, 3.8) is 0 Å². The van der Waals surface area contributed by atoms with Gasteiger partial charge in [0, 0.05) is 19.4 Å². The second kappa shape index (κ2) is 7.15. The van der Waals surface area contributed by atoms with E-state index in [1.165, 1.54) is 44.9 Å². The molecule has 0 bridgehead atoms. The van der Waals surface area contributed by atoms with Crippen LogP contribution >= 0.6 is 0 Å². The molecule has 0 aromatic rings. The minimum absolute atomic E-state index is 0.374. The zero-order chi connectivity index (χ0) is 11.9. The Morgan fingerprint density at radius 3 is 2.47 bits per heavy atom. The Hall–Kier alpha value is -0.370. The molecule has 2 fully saturated rings. The summed E-state index contributed by atoms with van der Waals surface area (Å²) in [5, 5.41) is 0. The lowest BCUT2D eigenvalue weighted by molar-refractivity contribution is -0.121. The van der Waals surface area contributed by atoms with Crippen molar-refractivity contribution < 1.29 is 9.53 Å². The van der Waals surface area contributed by atoms with Crippen molar-refractivity contribution in [3.8, 4) is 0 Å². The van der Waals surface area contributed by atoms with Crippen molar-refractivity contribution in [3.05, 3.63) is 0 Å². The standard InChI is InChI=1S/C15H26O2/c16-14(12-13-6-2-1-3-7-13)9-10-15-8-4-5-11-17-15/h13,15H,1-12H2. The normalized spacial score (nSPS) is 26.9. The maximum absolute atomic E-state index is 11.9. The largest absolute Gasteiger partial charge is 0.378 e. The minimum atomic E-state index is 0.374. The van der Waals surface area contributed by atoms with Crippen LogP contribution in [0.3, 0.4) is 0 Å². The molecule has 0 radical (unpaired) electrons. The zero-order valence-electron chi connectivity index (χ0n) is 11.0. The molecule has 1 atom stereocenters. The molecule has 98 valence electrons. The van der Waals surface area contributed by atoms with Gasteiger partial charge in [0.1, 0.15) is 5.78 Å². The summed E-state index contributed by atoms with van der Waals surface area (Å²) in [5.41, 5.74) is 0. The van der Waals surface area contributed by atoms with Crippen LogP contribution in [0.5, 0.6) is 0 Å². The number of ether oxygens (including phenoxy) is 1. The van der Waals surface area contributed by atoms with Crippen LogP contribution < -0.4 is 0 Å². The lowest BCUT2D eigenvalue weighted by atomic mass is 9.85. The molecule has 0 amide bonds. The number of Topliss-reactive ketones (excluding diaryl/α,β-unsaturated/α-hetero) is 1. The van der Waals surface area contributed by atoms with Gasteiger partial charge in [-0.2, -0.15) is 0 Å². The van der Waals surface area contributed by atoms with Gasteiger partial charge >= 0.3 is 0 Å². The molecule has 1 aliphatic heterocycles. The Kier molecular flexibility index (Phi) is 5.50. The first-order valence-corrected chi connectivity index (χ1v) is 7.48. The lowest BCUT2D eigenvalue weighted by Gasteiger charge is -2.23. The third-order valence-corrected chi connectivity index (χ3v) is 4.26. The molecule has 2 heteroatoms. The third kappa shape index (κ3) is 4.79. The second-order valence-electron chi connectivity index (χ2n) is 5.77. The molecule has 1 heterocycles. The first kappa shape index (κ1) is 13.1. The molecule has 1 saturated heterocycles. The van der Waals surface area contributed by atoms with Gasteiger partial charge in [-0.25, -0.2) is 0 Å². The first-order valence-electron chi connectivity index (χ1n) is 7.48. The quantitative estimate of drug-likeness (QED) is 0.726. The molecule has 0 spiro atoms. The fraction of sp³-hybridized carbons (Fsp3) is 0.933. The SMILES string of the molecule is O=C(CCC1CCCCO1)CC1CCCCC1. The molecule has 0 aromatic carbocycles. The van der Waals surface area contributed by atoms with E-state index in [-0.39, 0.29) is 0 Å². The van der Waals surface area contributed by atoms with Crippen LogP contribution in [0.1, 0.15) is 70.6 Å². The predicted molar refractivity (Wildman–Crippen MR) is 69.0 cm³/mol. The summed E-state index contributed by atoms with van der Waals surface area (Å²) in [6.07, 6.45) is 13.2. The van der Waals surface area contributed by atoms with Gasteiger partial charge in [-0.15, -0.1) is 0 Å². The van der Waals surface area contributed by atoms with E-state index in [9.17, 15) is 4.79 Å². The van der Waals surface area contributed by atoms with E-state index in [1.54, 1.807) is 0 Å².